The molecule has 5 nitrogen and oxygen atoms in total. The van der Waals surface area contributed by atoms with E-state index in [0.717, 1.165) is 12.6 Å². The van der Waals surface area contributed by atoms with Crippen LogP contribution in [0, 0.1) is 5.92 Å². The number of hydrogen-bond acceptors (Lipinski definition) is 4. The van der Waals surface area contributed by atoms with Crippen LogP contribution in [0.3, 0.4) is 0 Å². The van der Waals surface area contributed by atoms with Crippen molar-refractivity contribution in [3.05, 3.63) is 11.9 Å². The number of hydrogen-bond donors (Lipinski definition) is 1. The van der Waals surface area contributed by atoms with Crippen molar-refractivity contribution < 1.29 is 5.11 Å². The first kappa shape index (κ1) is 14.0. The van der Waals surface area contributed by atoms with E-state index in [-0.39, 0.29) is 0 Å². The monoisotopic (exact) mass is 278 g/mol. The second kappa shape index (κ2) is 5.45. The molecule has 0 radical (unpaired) electrons. The summed E-state index contributed by atoms with van der Waals surface area (Å²) in [5, 5.41) is 18.1. The van der Waals surface area contributed by atoms with Crippen LogP contribution in [0.25, 0.3) is 0 Å². The molecule has 1 aromatic heterocycles. The lowest BCUT2D eigenvalue weighted by molar-refractivity contribution is 0.0735. The van der Waals surface area contributed by atoms with E-state index >= 15 is 0 Å². The van der Waals surface area contributed by atoms with E-state index in [0.29, 0.717) is 11.6 Å². The first-order valence-electron chi connectivity index (χ1n) is 7.89. The average Bonchev–Trinajstić information content (AvgIpc) is 2.78. The molecule has 2 aliphatic rings. The third-order valence-corrected chi connectivity index (χ3v) is 4.85. The van der Waals surface area contributed by atoms with Gasteiger partial charge >= 0.3 is 0 Å². The van der Waals surface area contributed by atoms with Crippen LogP contribution in [0.5, 0.6) is 0 Å². The van der Waals surface area contributed by atoms with Gasteiger partial charge in [-0.25, -0.2) is 0 Å². The molecule has 0 spiro atoms. The first-order chi connectivity index (χ1) is 9.52. The van der Waals surface area contributed by atoms with E-state index < -0.39 is 5.60 Å². The zero-order valence-corrected chi connectivity index (χ0v) is 12.6. The summed E-state index contributed by atoms with van der Waals surface area (Å²) in [6.45, 7) is 6.91. The Balaban J connectivity index is 1.50. The summed E-state index contributed by atoms with van der Waals surface area (Å²) in [6, 6.07) is 0.879. The largest absolute Gasteiger partial charge is 0.384 e. The third-order valence-electron chi connectivity index (χ3n) is 4.85. The quantitative estimate of drug-likeness (QED) is 0.912. The van der Waals surface area contributed by atoms with Crippen molar-refractivity contribution >= 4 is 0 Å². The van der Waals surface area contributed by atoms with Gasteiger partial charge in [0.1, 0.15) is 11.3 Å². The van der Waals surface area contributed by atoms with Gasteiger partial charge in [0.05, 0.1) is 6.20 Å². The number of piperidine rings is 1. The Morgan fingerprint density at radius 2 is 1.95 bits per heavy atom. The van der Waals surface area contributed by atoms with Crippen LogP contribution in [0.2, 0.25) is 0 Å². The van der Waals surface area contributed by atoms with Crippen molar-refractivity contribution in [3.8, 4) is 0 Å². The molecule has 0 aromatic carbocycles. The molecule has 5 heteroatoms. The molecule has 1 N–H and O–H groups in total. The summed E-state index contributed by atoms with van der Waals surface area (Å²) >= 11 is 0. The lowest BCUT2D eigenvalue weighted by Crippen LogP contribution is -2.45. The highest BCUT2D eigenvalue weighted by Crippen LogP contribution is 2.29. The summed E-state index contributed by atoms with van der Waals surface area (Å²) in [4.78, 5) is 2.67. The van der Waals surface area contributed by atoms with Crippen LogP contribution in [0.1, 0.15) is 51.6 Å². The van der Waals surface area contributed by atoms with Crippen molar-refractivity contribution in [1.82, 2.24) is 19.9 Å². The molecule has 2 fully saturated rings. The van der Waals surface area contributed by atoms with Gasteiger partial charge in [-0.1, -0.05) is 11.6 Å². The minimum absolute atomic E-state index is 0.657. The lowest BCUT2D eigenvalue weighted by atomic mass is 9.88. The third kappa shape index (κ3) is 3.04. The number of likely N-dealkylation sites (tertiary alicyclic amines) is 1. The molecule has 20 heavy (non-hydrogen) atoms. The fraction of sp³-hybridized carbons (Fsp3) is 0.867. The van der Waals surface area contributed by atoms with E-state index in [4.69, 9.17) is 0 Å². The van der Waals surface area contributed by atoms with Gasteiger partial charge in [-0.3, -0.25) is 4.68 Å². The number of rotatable bonds is 4. The molecule has 1 aliphatic heterocycles. The Labute approximate surface area is 121 Å². The van der Waals surface area contributed by atoms with Crippen LogP contribution in [0.4, 0.5) is 0 Å². The molecule has 0 unspecified atom stereocenters. The van der Waals surface area contributed by atoms with Gasteiger partial charge in [-0.2, -0.15) is 0 Å². The molecule has 3 rings (SSSR count). The topological polar surface area (TPSA) is 54.2 Å². The fourth-order valence-corrected chi connectivity index (χ4v) is 3.19. The molecular formula is C15H26N4O. The van der Waals surface area contributed by atoms with E-state index in [9.17, 15) is 5.11 Å². The van der Waals surface area contributed by atoms with E-state index in [1.54, 1.807) is 13.8 Å². The summed E-state index contributed by atoms with van der Waals surface area (Å²) in [7, 11) is 0. The second-order valence-corrected chi connectivity index (χ2v) is 6.95. The Kier molecular flexibility index (Phi) is 3.82. The highest BCUT2D eigenvalue weighted by atomic mass is 16.3. The molecule has 1 saturated carbocycles. The first-order valence-corrected chi connectivity index (χ1v) is 7.89. The number of aromatic nitrogens is 3. The molecule has 0 atom stereocenters. The molecular weight excluding hydrogens is 252 g/mol. The summed E-state index contributed by atoms with van der Waals surface area (Å²) in [5.74, 6) is 0.697. The fourth-order valence-electron chi connectivity index (χ4n) is 3.19. The maximum atomic E-state index is 9.92. The Hall–Kier alpha value is -0.940. The zero-order chi connectivity index (χ0) is 14.2. The Bertz CT molecular complexity index is 439. The predicted molar refractivity (Wildman–Crippen MR) is 77.2 cm³/mol. The molecule has 0 bridgehead atoms. The van der Waals surface area contributed by atoms with Gasteiger partial charge in [0.2, 0.25) is 0 Å². The summed E-state index contributed by atoms with van der Waals surface area (Å²) in [5.41, 5.74) is -0.240. The van der Waals surface area contributed by atoms with Crippen molar-refractivity contribution in [2.24, 2.45) is 5.92 Å². The van der Waals surface area contributed by atoms with E-state index in [1.807, 2.05) is 10.9 Å². The lowest BCUT2D eigenvalue weighted by Gasteiger charge is -2.41. The van der Waals surface area contributed by atoms with Gasteiger partial charge in [-0.15, -0.1) is 5.10 Å². The second-order valence-electron chi connectivity index (χ2n) is 6.95. The van der Waals surface area contributed by atoms with Crippen LogP contribution < -0.4 is 0 Å². The SMILES string of the molecule is CC(C)(O)c1cn(CC2CCN(C3CCC3)CC2)nn1. The van der Waals surface area contributed by atoms with Crippen molar-refractivity contribution in [3.63, 3.8) is 0 Å². The van der Waals surface area contributed by atoms with E-state index in [2.05, 4.69) is 15.2 Å². The van der Waals surface area contributed by atoms with Gasteiger partial charge in [-0.05, 0) is 58.5 Å². The number of nitrogens with zero attached hydrogens (tertiary/aromatic N) is 4. The standard InChI is InChI=1S/C15H26N4O/c1-15(2,20)14-11-19(17-16-14)10-12-6-8-18(9-7-12)13-4-3-5-13/h11-13,20H,3-10H2,1-2H3. The van der Waals surface area contributed by atoms with Crippen LogP contribution in [-0.2, 0) is 12.1 Å². The van der Waals surface area contributed by atoms with Gasteiger partial charge in [0.15, 0.2) is 0 Å². The summed E-state index contributed by atoms with van der Waals surface area (Å²) in [6.07, 6.45) is 8.63. The van der Waals surface area contributed by atoms with Crippen LogP contribution in [0.15, 0.2) is 6.20 Å². The molecule has 1 saturated heterocycles. The maximum absolute atomic E-state index is 9.92. The highest BCUT2D eigenvalue weighted by molar-refractivity contribution is 5.02. The summed E-state index contributed by atoms with van der Waals surface area (Å²) < 4.78 is 1.90. The highest BCUT2D eigenvalue weighted by Gasteiger charge is 2.29. The van der Waals surface area contributed by atoms with Crippen LogP contribution >= 0.6 is 0 Å². The molecule has 1 aliphatic carbocycles. The Morgan fingerprint density at radius 3 is 2.45 bits per heavy atom. The smallest absolute Gasteiger partial charge is 0.114 e. The van der Waals surface area contributed by atoms with E-state index in [1.165, 1.54) is 45.2 Å². The Morgan fingerprint density at radius 1 is 1.25 bits per heavy atom. The average molecular weight is 278 g/mol. The maximum Gasteiger partial charge on any atom is 0.114 e. The van der Waals surface area contributed by atoms with Crippen LogP contribution in [-0.4, -0.2) is 44.1 Å². The zero-order valence-electron chi connectivity index (χ0n) is 12.6. The van der Waals surface area contributed by atoms with Crippen molar-refractivity contribution in [2.75, 3.05) is 13.1 Å². The molecule has 0 amide bonds. The van der Waals surface area contributed by atoms with Gasteiger partial charge in [0.25, 0.3) is 0 Å². The van der Waals surface area contributed by atoms with Gasteiger partial charge < -0.3 is 10.0 Å². The minimum atomic E-state index is -0.897. The number of aliphatic hydroxyl groups is 1. The van der Waals surface area contributed by atoms with Gasteiger partial charge in [0, 0.05) is 12.6 Å². The van der Waals surface area contributed by atoms with Crippen molar-refractivity contribution in [2.45, 2.75) is 64.1 Å². The minimum Gasteiger partial charge on any atom is -0.384 e. The normalized spacial score (nSPS) is 22.9. The predicted octanol–water partition coefficient (Wildman–Crippen LogP) is 1.77. The molecule has 112 valence electrons. The molecule has 1 aromatic rings. The van der Waals surface area contributed by atoms with Crippen molar-refractivity contribution in [1.29, 1.82) is 0 Å². The molecule has 2 heterocycles.